The standard InChI is InChI=1S/C14H22N2O3/c1-2-18-14(7-3-4-8-14)13-15-12(19-16-13)9-11(17)10-5-6-10/h10-11,17H,2-9H2,1H3. The fraction of sp³-hybridized carbons (Fsp3) is 0.857. The van der Waals surface area contributed by atoms with Gasteiger partial charge in [-0.05, 0) is 51.4 Å². The van der Waals surface area contributed by atoms with E-state index in [9.17, 15) is 5.11 Å². The number of hydrogen-bond acceptors (Lipinski definition) is 5. The molecule has 0 aliphatic heterocycles. The molecule has 1 aromatic heterocycles. The Morgan fingerprint density at radius 2 is 2.16 bits per heavy atom. The Balaban J connectivity index is 1.71. The molecule has 106 valence electrons. The Bertz CT molecular complexity index is 422. The Kier molecular flexibility index (Phi) is 3.58. The van der Waals surface area contributed by atoms with Crippen molar-refractivity contribution in [1.29, 1.82) is 0 Å². The van der Waals surface area contributed by atoms with Gasteiger partial charge >= 0.3 is 0 Å². The zero-order valence-electron chi connectivity index (χ0n) is 11.5. The molecule has 19 heavy (non-hydrogen) atoms. The molecule has 0 spiro atoms. The molecule has 1 aromatic rings. The average Bonchev–Trinajstić information content (AvgIpc) is 2.97. The predicted molar refractivity (Wildman–Crippen MR) is 68.5 cm³/mol. The van der Waals surface area contributed by atoms with Crippen LogP contribution >= 0.6 is 0 Å². The molecule has 1 unspecified atom stereocenters. The van der Waals surface area contributed by atoms with Crippen molar-refractivity contribution in [3.05, 3.63) is 11.7 Å². The lowest BCUT2D eigenvalue weighted by atomic mass is 10.0. The molecular weight excluding hydrogens is 244 g/mol. The molecule has 1 heterocycles. The summed E-state index contributed by atoms with van der Waals surface area (Å²) in [4.78, 5) is 4.47. The summed E-state index contributed by atoms with van der Waals surface area (Å²) < 4.78 is 11.2. The summed E-state index contributed by atoms with van der Waals surface area (Å²) in [7, 11) is 0. The largest absolute Gasteiger partial charge is 0.392 e. The number of rotatable bonds is 6. The topological polar surface area (TPSA) is 68.4 Å². The molecule has 0 saturated heterocycles. The maximum absolute atomic E-state index is 9.93. The third-order valence-electron chi connectivity index (χ3n) is 4.26. The molecule has 0 aromatic carbocycles. The van der Waals surface area contributed by atoms with Gasteiger partial charge in [-0.2, -0.15) is 4.98 Å². The Morgan fingerprint density at radius 1 is 1.42 bits per heavy atom. The zero-order chi connectivity index (χ0) is 13.3. The molecular formula is C14H22N2O3. The van der Waals surface area contributed by atoms with Gasteiger partial charge in [-0.25, -0.2) is 0 Å². The van der Waals surface area contributed by atoms with Crippen LogP contribution in [0, 0.1) is 5.92 Å². The highest BCUT2D eigenvalue weighted by Crippen LogP contribution is 2.41. The fourth-order valence-corrected chi connectivity index (χ4v) is 3.00. The number of ether oxygens (including phenoxy) is 1. The van der Waals surface area contributed by atoms with Crippen LogP contribution in [-0.2, 0) is 16.8 Å². The van der Waals surface area contributed by atoms with Crippen molar-refractivity contribution in [2.75, 3.05) is 6.61 Å². The summed E-state index contributed by atoms with van der Waals surface area (Å²) in [5, 5.41) is 14.0. The number of aromatic nitrogens is 2. The lowest BCUT2D eigenvalue weighted by molar-refractivity contribution is -0.0469. The van der Waals surface area contributed by atoms with E-state index >= 15 is 0 Å². The number of aliphatic hydroxyl groups excluding tert-OH is 1. The highest BCUT2D eigenvalue weighted by molar-refractivity contribution is 5.05. The van der Waals surface area contributed by atoms with Crippen LogP contribution in [0.1, 0.15) is 57.2 Å². The third-order valence-corrected chi connectivity index (χ3v) is 4.26. The summed E-state index contributed by atoms with van der Waals surface area (Å²) in [6, 6.07) is 0. The number of hydrogen-bond donors (Lipinski definition) is 1. The summed E-state index contributed by atoms with van der Waals surface area (Å²) in [5.41, 5.74) is -0.346. The summed E-state index contributed by atoms with van der Waals surface area (Å²) in [5.74, 6) is 1.65. The van der Waals surface area contributed by atoms with Crippen molar-refractivity contribution in [2.45, 2.75) is 63.6 Å². The second-order valence-electron chi connectivity index (χ2n) is 5.76. The maximum Gasteiger partial charge on any atom is 0.229 e. The number of aliphatic hydroxyl groups is 1. The molecule has 1 atom stereocenters. The van der Waals surface area contributed by atoms with Crippen molar-refractivity contribution < 1.29 is 14.4 Å². The van der Waals surface area contributed by atoms with Gasteiger partial charge in [0.25, 0.3) is 0 Å². The maximum atomic E-state index is 9.93. The molecule has 2 fully saturated rings. The Morgan fingerprint density at radius 3 is 2.79 bits per heavy atom. The van der Waals surface area contributed by atoms with Crippen molar-refractivity contribution in [1.82, 2.24) is 10.1 Å². The fourth-order valence-electron chi connectivity index (χ4n) is 3.00. The third kappa shape index (κ3) is 2.67. The van der Waals surface area contributed by atoms with Crippen molar-refractivity contribution >= 4 is 0 Å². The van der Waals surface area contributed by atoms with Crippen LogP contribution < -0.4 is 0 Å². The van der Waals surface area contributed by atoms with Gasteiger partial charge in [0.15, 0.2) is 0 Å². The van der Waals surface area contributed by atoms with Gasteiger partial charge in [0, 0.05) is 6.61 Å². The first-order chi connectivity index (χ1) is 9.23. The van der Waals surface area contributed by atoms with E-state index in [1.807, 2.05) is 6.92 Å². The summed E-state index contributed by atoms with van der Waals surface area (Å²) >= 11 is 0. The van der Waals surface area contributed by atoms with E-state index in [1.165, 1.54) is 0 Å². The van der Waals surface area contributed by atoms with Gasteiger partial charge in [0.2, 0.25) is 11.7 Å². The van der Waals surface area contributed by atoms with Crippen LogP contribution in [-0.4, -0.2) is 28.0 Å². The molecule has 2 aliphatic rings. The van der Waals surface area contributed by atoms with E-state index in [4.69, 9.17) is 9.26 Å². The predicted octanol–water partition coefficient (Wildman–Crippen LogP) is 2.19. The van der Waals surface area contributed by atoms with E-state index in [2.05, 4.69) is 10.1 Å². The molecule has 0 amide bonds. The minimum atomic E-state index is -0.346. The Labute approximate surface area is 113 Å². The van der Waals surface area contributed by atoms with Crippen LogP contribution in [0.5, 0.6) is 0 Å². The van der Waals surface area contributed by atoms with Gasteiger partial charge in [0.05, 0.1) is 12.5 Å². The van der Waals surface area contributed by atoms with Crippen LogP contribution in [0.15, 0.2) is 4.52 Å². The first kappa shape index (κ1) is 13.1. The summed E-state index contributed by atoms with van der Waals surface area (Å²) in [6.07, 6.45) is 6.59. The minimum Gasteiger partial charge on any atom is -0.392 e. The lowest BCUT2D eigenvalue weighted by Crippen LogP contribution is -2.27. The normalized spacial score (nSPS) is 23.7. The lowest BCUT2D eigenvalue weighted by Gasteiger charge is -2.24. The highest BCUT2D eigenvalue weighted by atomic mass is 16.5. The first-order valence-corrected chi connectivity index (χ1v) is 7.38. The summed E-state index contributed by atoms with van der Waals surface area (Å²) in [6.45, 7) is 2.66. The monoisotopic (exact) mass is 266 g/mol. The van der Waals surface area contributed by atoms with Crippen LogP contribution in [0.3, 0.4) is 0 Å². The molecule has 2 aliphatic carbocycles. The molecule has 2 saturated carbocycles. The zero-order valence-corrected chi connectivity index (χ0v) is 11.5. The van der Waals surface area contributed by atoms with Crippen molar-refractivity contribution in [3.63, 3.8) is 0 Å². The molecule has 3 rings (SSSR count). The van der Waals surface area contributed by atoms with Crippen molar-refractivity contribution in [2.24, 2.45) is 5.92 Å². The van der Waals surface area contributed by atoms with E-state index in [-0.39, 0.29) is 11.7 Å². The second-order valence-corrected chi connectivity index (χ2v) is 5.76. The molecule has 5 nitrogen and oxygen atoms in total. The van der Waals surface area contributed by atoms with Gasteiger partial charge < -0.3 is 14.4 Å². The second kappa shape index (κ2) is 5.21. The van der Waals surface area contributed by atoms with Gasteiger partial charge in [-0.3, -0.25) is 0 Å². The van der Waals surface area contributed by atoms with E-state index in [0.717, 1.165) is 38.5 Å². The molecule has 0 bridgehead atoms. The molecule has 0 radical (unpaired) electrons. The van der Waals surface area contributed by atoms with Gasteiger partial charge in [-0.1, -0.05) is 5.16 Å². The highest BCUT2D eigenvalue weighted by Gasteiger charge is 2.41. The molecule has 5 heteroatoms. The van der Waals surface area contributed by atoms with Crippen LogP contribution in [0.2, 0.25) is 0 Å². The number of nitrogens with zero attached hydrogens (tertiary/aromatic N) is 2. The average molecular weight is 266 g/mol. The van der Waals surface area contributed by atoms with E-state index in [1.54, 1.807) is 0 Å². The SMILES string of the molecule is CCOC1(c2noc(CC(O)C3CC3)n2)CCCC1. The van der Waals surface area contributed by atoms with Crippen molar-refractivity contribution in [3.8, 4) is 0 Å². The Hall–Kier alpha value is -0.940. The van der Waals surface area contributed by atoms with Crippen LogP contribution in [0.25, 0.3) is 0 Å². The minimum absolute atomic E-state index is 0.333. The van der Waals surface area contributed by atoms with E-state index < -0.39 is 0 Å². The quantitative estimate of drug-likeness (QED) is 0.854. The molecule has 1 N–H and O–H groups in total. The van der Waals surface area contributed by atoms with Gasteiger partial charge in [-0.15, -0.1) is 0 Å². The first-order valence-electron chi connectivity index (χ1n) is 7.38. The van der Waals surface area contributed by atoms with E-state index in [0.29, 0.717) is 30.7 Å². The smallest absolute Gasteiger partial charge is 0.229 e. The van der Waals surface area contributed by atoms with Crippen LogP contribution in [0.4, 0.5) is 0 Å². The van der Waals surface area contributed by atoms with Gasteiger partial charge in [0.1, 0.15) is 5.60 Å².